The van der Waals surface area contributed by atoms with E-state index in [1.165, 1.54) is 6.07 Å². The zero-order valence-corrected chi connectivity index (χ0v) is 10.5. The first-order chi connectivity index (χ1) is 8.61. The van der Waals surface area contributed by atoms with E-state index in [0.29, 0.717) is 17.9 Å². The molecule has 1 saturated carbocycles. The lowest BCUT2D eigenvalue weighted by Crippen LogP contribution is -2.34. The lowest BCUT2D eigenvalue weighted by molar-refractivity contribution is 0.249. The predicted molar refractivity (Wildman–Crippen MR) is 66.1 cm³/mol. The highest BCUT2D eigenvalue weighted by Crippen LogP contribution is 2.35. The van der Waals surface area contributed by atoms with Gasteiger partial charge in [-0.25, -0.2) is 8.78 Å². The van der Waals surface area contributed by atoms with Crippen molar-refractivity contribution in [1.82, 2.24) is 5.32 Å². The maximum atomic E-state index is 13.6. The first kappa shape index (κ1) is 13.4. The average Bonchev–Trinajstić information content (AvgIpc) is 3.15. The molecule has 0 heterocycles. The Morgan fingerprint density at radius 2 is 2.11 bits per heavy atom. The molecule has 2 nitrogen and oxygen atoms in total. The molecule has 0 radical (unpaired) electrons. The van der Waals surface area contributed by atoms with Crippen molar-refractivity contribution in [3.8, 4) is 0 Å². The second-order valence-electron chi connectivity index (χ2n) is 5.01. The molecule has 4 heteroatoms. The van der Waals surface area contributed by atoms with Crippen LogP contribution >= 0.6 is 0 Å². The van der Waals surface area contributed by atoms with Gasteiger partial charge in [0.05, 0.1) is 0 Å². The summed E-state index contributed by atoms with van der Waals surface area (Å²) in [5.74, 6) is -0.253. The molecule has 1 aromatic carbocycles. The molecule has 0 saturated heterocycles. The molecule has 0 aliphatic heterocycles. The molecule has 0 spiro atoms. The van der Waals surface area contributed by atoms with Crippen LogP contribution in [-0.2, 0) is 0 Å². The van der Waals surface area contributed by atoms with E-state index in [2.05, 4.69) is 5.32 Å². The minimum Gasteiger partial charge on any atom is -0.396 e. The Morgan fingerprint density at radius 1 is 1.39 bits per heavy atom. The van der Waals surface area contributed by atoms with Gasteiger partial charge in [0, 0.05) is 24.3 Å². The van der Waals surface area contributed by atoms with E-state index in [1.54, 1.807) is 0 Å². The summed E-state index contributed by atoms with van der Waals surface area (Å²) in [5, 5.41) is 12.3. The molecule has 1 fully saturated rings. The fourth-order valence-corrected chi connectivity index (χ4v) is 2.35. The van der Waals surface area contributed by atoms with Gasteiger partial charge in [-0.15, -0.1) is 0 Å². The van der Waals surface area contributed by atoms with Gasteiger partial charge in [-0.2, -0.15) is 0 Å². The van der Waals surface area contributed by atoms with Crippen LogP contribution in [0.25, 0.3) is 0 Å². The van der Waals surface area contributed by atoms with Crippen LogP contribution < -0.4 is 5.32 Å². The van der Waals surface area contributed by atoms with Gasteiger partial charge in [-0.3, -0.25) is 0 Å². The highest BCUT2D eigenvalue weighted by atomic mass is 19.1. The van der Waals surface area contributed by atoms with Crippen molar-refractivity contribution < 1.29 is 13.9 Å². The third-order valence-corrected chi connectivity index (χ3v) is 3.52. The highest BCUT2D eigenvalue weighted by molar-refractivity contribution is 5.22. The summed E-state index contributed by atoms with van der Waals surface area (Å²) in [6, 6.07) is 3.44. The Bertz CT molecular complexity index is 407. The molecule has 2 unspecified atom stereocenters. The summed E-state index contributed by atoms with van der Waals surface area (Å²) >= 11 is 0. The first-order valence-corrected chi connectivity index (χ1v) is 6.43. The van der Waals surface area contributed by atoms with Crippen LogP contribution in [-0.4, -0.2) is 17.8 Å². The lowest BCUT2D eigenvalue weighted by atomic mass is 10.0. The van der Waals surface area contributed by atoms with E-state index >= 15 is 0 Å². The standard InChI is InChI=1S/C14H19F2NO/c1-9(12-8-11(15)4-5-13(12)16)17-14(6-7-18)10-2-3-10/h4-5,8-10,14,17-18H,2-3,6-7H2,1H3. The Balaban J connectivity index is 2.05. The van der Waals surface area contributed by atoms with Gasteiger partial charge in [0.1, 0.15) is 11.6 Å². The Hall–Kier alpha value is -1.00. The van der Waals surface area contributed by atoms with Crippen molar-refractivity contribution in [3.05, 3.63) is 35.4 Å². The van der Waals surface area contributed by atoms with E-state index in [-0.39, 0.29) is 18.7 Å². The summed E-state index contributed by atoms with van der Waals surface area (Å²) in [6.45, 7) is 1.94. The summed E-state index contributed by atoms with van der Waals surface area (Å²) in [7, 11) is 0. The Kier molecular flexibility index (Phi) is 4.30. The van der Waals surface area contributed by atoms with Crippen molar-refractivity contribution in [1.29, 1.82) is 0 Å². The SMILES string of the molecule is CC(NC(CCO)C1CC1)c1cc(F)ccc1F. The molecule has 18 heavy (non-hydrogen) atoms. The van der Waals surface area contributed by atoms with Crippen molar-refractivity contribution in [2.45, 2.75) is 38.3 Å². The fraction of sp³-hybridized carbons (Fsp3) is 0.571. The molecule has 100 valence electrons. The monoisotopic (exact) mass is 255 g/mol. The second kappa shape index (κ2) is 5.76. The molecule has 2 N–H and O–H groups in total. The molecule has 2 rings (SSSR count). The van der Waals surface area contributed by atoms with Gasteiger partial charge in [0.25, 0.3) is 0 Å². The summed E-state index contributed by atoms with van der Waals surface area (Å²) in [4.78, 5) is 0. The molecule has 0 amide bonds. The van der Waals surface area contributed by atoms with E-state index < -0.39 is 11.6 Å². The molecule has 0 bridgehead atoms. The normalized spacial score (nSPS) is 18.7. The van der Waals surface area contributed by atoms with Crippen LogP contribution in [0.5, 0.6) is 0 Å². The zero-order chi connectivity index (χ0) is 13.1. The third-order valence-electron chi connectivity index (χ3n) is 3.52. The zero-order valence-electron chi connectivity index (χ0n) is 10.5. The lowest BCUT2D eigenvalue weighted by Gasteiger charge is -2.23. The van der Waals surface area contributed by atoms with Gasteiger partial charge in [-0.1, -0.05) is 0 Å². The fourth-order valence-electron chi connectivity index (χ4n) is 2.35. The quantitative estimate of drug-likeness (QED) is 0.819. The van der Waals surface area contributed by atoms with E-state index in [4.69, 9.17) is 5.11 Å². The maximum Gasteiger partial charge on any atom is 0.128 e. The van der Waals surface area contributed by atoms with Gasteiger partial charge in [-0.05, 0) is 50.3 Å². The minimum absolute atomic E-state index is 0.118. The van der Waals surface area contributed by atoms with Crippen LogP contribution in [0.15, 0.2) is 18.2 Å². The number of aliphatic hydroxyl groups excluding tert-OH is 1. The number of hydrogen-bond donors (Lipinski definition) is 2. The summed E-state index contributed by atoms with van der Waals surface area (Å²) in [6.07, 6.45) is 2.96. The first-order valence-electron chi connectivity index (χ1n) is 6.43. The number of halogens is 2. The number of rotatable bonds is 6. The molecule has 1 aromatic rings. The Labute approximate surface area is 106 Å². The maximum absolute atomic E-state index is 13.6. The van der Waals surface area contributed by atoms with Crippen LogP contribution in [0.4, 0.5) is 8.78 Å². The van der Waals surface area contributed by atoms with Crippen LogP contribution in [0.2, 0.25) is 0 Å². The summed E-state index contributed by atoms with van der Waals surface area (Å²) in [5.41, 5.74) is 0.346. The molecular formula is C14H19F2NO. The summed E-state index contributed by atoms with van der Waals surface area (Å²) < 4.78 is 26.7. The van der Waals surface area contributed by atoms with Gasteiger partial charge in [0.15, 0.2) is 0 Å². The average molecular weight is 255 g/mol. The second-order valence-corrected chi connectivity index (χ2v) is 5.01. The Morgan fingerprint density at radius 3 is 2.72 bits per heavy atom. The topological polar surface area (TPSA) is 32.3 Å². The molecular weight excluding hydrogens is 236 g/mol. The van der Waals surface area contributed by atoms with E-state index in [0.717, 1.165) is 25.0 Å². The highest BCUT2D eigenvalue weighted by Gasteiger charge is 2.31. The number of hydrogen-bond acceptors (Lipinski definition) is 2. The van der Waals surface area contributed by atoms with Crippen LogP contribution in [0.3, 0.4) is 0 Å². The molecule has 0 aromatic heterocycles. The molecule has 1 aliphatic rings. The molecule has 2 atom stereocenters. The van der Waals surface area contributed by atoms with Crippen molar-refractivity contribution in [3.63, 3.8) is 0 Å². The van der Waals surface area contributed by atoms with Crippen molar-refractivity contribution >= 4 is 0 Å². The largest absolute Gasteiger partial charge is 0.396 e. The molecule has 1 aliphatic carbocycles. The number of benzene rings is 1. The van der Waals surface area contributed by atoms with Crippen molar-refractivity contribution in [2.24, 2.45) is 5.92 Å². The number of nitrogens with one attached hydrogen (secondary N) is 1. The van der Waals surface area contributed by atoms with Crippen molar-refractivity contribution in [2.75, 3.05) is 6.61 Å². The number of aliphatic hydroxyl groups is 1. The van der Waals surface area contributed by atoms with Crippen LogP contribution in [0, 0.1) is 17.6 Å². The van der Waals surface area contributed by atoms with E-state index in [1.807, 2.05) is 6.92 Å². The predicted octanol–water partition coefficient (Wildman–Crippen LogP) is 2.78. The van der Waals surface area contributed by atoms with Gasteiger partial charge >= 0.3 is 0 Å². The van der Waals surface area contributed by atoms with Crippen LogP contribution in [0.1, 0.15) is 37.8 Å². The minimum atomic E-state index is -0.426. The van der Waals surface area contributed by atoms with Gasteiger partial charge in [0.2, 0.25) is 0 Å². The third kappa shape index (κ3) is 3.27. The van der Waals surface area contributed by atoms with Gasteiger partial charge < -0.3 is 10.4 Å². The van der Waals surface area contributed by atoms with E-state index in [9.17, 15) is 8.78 Å². The smallest absolute Gasteiger partial charge is 0.128 e.